The van der Waals surface area contributed by atoms with Crippen molar-refractivity contribution in [1.82, 2.24) is 4.90 Å². The van der Waals surface area contributed by atoms with Gasteiger partial charge in [0.1, 0.15) is 5.75 Å². The third-order valence-corrected chi connectivity index (χ3v) is 4.00. The van der Waals surface area contributed by atoms with Crippen molar-refractivity contribution in [2.24, 2.45) is 0 Å². The van der Waals surface area contributed by atoms with Crippen LogP contribution in [-0.4, -0.2) is 46.8 Å². The number of rotatable bonds is 9. The fraction of sp³-hybridized carbons (Fsp3) is 0.500. The first-order chi connectivity index (χ1) is 10.4. The second-order valence-corrected chi connectivity index (χ2v) is 6.07. The first-order valence-electron chi connectivity index (χ1n) is 7.31. The summed E-state index contributed by atoms with van der Waals surface area (Å²) in [5, 5.41) is 8.75. The molecule has 0 aromatic heterocycles. The van der Waals surface area contributed by atoms with Crippen LogP contribution in [0.3, 0.4) is 0 Å². The molecule has 0 unspecified atom stereocenters. The highest BCUT2D eigenvalue weighted by atomic mass is 32.2. The number of carbonyl (C=O) groups is 2. The zero-order valence-corrected chi connectivity index (χ0v) is 14.1. The molecule has 0 radical (unpaired) electrons. The van der Waals surface area contributed by atoms with Crippen LogP contribution in [0.4, 0.5) is 0 Å². The molecule has 1 N–H and O–H groups in total. The lowest BCUT2D eigenvalue weighted by molar-refractivity contribution is -0.138. The van der Waals surface area contributed by atoms with Crippen molar-refractivity contribution >= 4 is 23.6 Å². The van der Waals surface area contributed by atoms with Crippen LogP contribution in [0.1, 0.15) is 27.2 Å². The predicted octanol–water partition coefficient (Wildman–Crippen LogP) is 2.89. The molecule has 0 fully saturated rings. The highest BCUT2D eigenvalue weighted by Crippen LogP contribution is 2.22. The highest BCUT2D eigenvalue weighted by molar-refractivity contribution is 8.00. The first kappa shape index (κ1) is 18.4. The van der Waals surface area contributed by atoms with Crippen molar-refractivity contribution in [3.05, 3.63) is 24.3 Å². The van der Waals surface area contributed by atoms with Crippen LogP contribution in [0.5, 0.6) is 5.75 Å². The van der Waals surface area contributed by atoms with Gasteiger partial charge in [0.15, 0.2) is 0 Å². The van der Waals surface area contributed by atoms with Crippen LogP contribution >= 0.6 is 11.8 Å². The Labute approximate surface area is 135 Å². The molecule has 1 amide bonds. The van der Waals surface area contributed by atoms with E-state index in [1.165, 1.54) is 11.8 Å². The van der Waals surface area contributed by atoms with Gasteiger partial charge in [0.25, 0.3) is 0 Å². The Bertz CT molecular complexity index is 487. The van der Waals surface area contributed by atoms with Crippen molar-refractivity contribution in [2.75, 3.05) is 18.9 Å². The monoisotopic (exact) mass is 325 g/mol. The molecule has 22 heavy (non-hydrogen) atoms. The number of nitrogens with zero attached hydrogens (tertiary/aromatic N) is 1. The Morgan fingerprint density at radius 1 is 1.27 bits per heavy atom. The third kappa shape index (κ3) is 6.39. The number of aliphatic carboxylic acids is 1. The van der Waals surface area contributed by atoms with Crippen LogP contribution in [-0.2, 0) is 9.59 Å². The van der Waals surface area contributed by atoms with E-state index in [0.29, 0.717) is 12.4 Å². The van der Waals surface area contributed by atoms with Crippen molar-refractivity contribution < 1.29 is 19.4 Å². The minimum absolute atomic E-state index is 0.00669. The number of carboxylic acid groups (broad SMARTS) is 1. The van der Waals surface area contributed by atoms with Gasteiger partial charge in [0.05, 0.1) is 18.8 Å². The van der Waals surface area contributed by atoms with Gasteiger partial charge >= 0.3 is 5.97 Å². The van der Waals surface area contributed by atoms with Gasteiger partial charge in [0, 0.05) is 17.5 Å². The average molecular weight is 325 g/mol. The number of carboxylic acids is 1. The minimum atomic E-state index is -0.891. The maximum atomic E-state index is 12.2. The van der Waals surface area contributed by atoms with Crippen LogP contribution in [0.15, 0.2) is 29.2 Å². The molecule has 1 aromatic rings. The first-order valence-corrected chi connectivity index (χ1v) is 8.29. The van der Waals surface area contributed by atoms with Gasteiger partial charge < -0.3 is 14.7 Å². The maximum Gasteiger partial charge on any atom is 0.305 e. The van der Waals surface area contributed by atoms with Crippen molar-refractivity contribution in [3.63, 3.8) is 0 Å². The number of thioether (sulfide) groups is 1. The van der Waals surface area contributed by atoms with E-state index in [2.05, 4.69) is 0 Å². The lowest BCUT2D eigenvalue weighted by Gasteiger charge is -2.26. The summed E-state index contributed by atoms with van der Waals surface area (Å²) < 4.78 is 5.37. The quantitative estimate of drug-likeness (QED) is 0.707. The van der Waals surface area contributed by atoms with Crippen LogP contribution < -0.4 is 4.74 Å². The molecule has 5 nitrogen and oxygen atoms in total. The second kappa shape index (κ2) is 9.35. The zero-order valence-electron chi connectivity index (χ0n) is 13.2. The van der Waals surface area contributed by atoms with Crippen molar-refractivity contribution in [2.45, 2.75) is 38.1 Å². The lowest BCUT2D eigenvalue weighted by Crippen LogP contribution is -2.39. The molecule has 6 heteroatoms. The number of benzene rings is 1. The standard InChI is InChI=1S/C16H23NO4S/c1-4-21-13-5-7-14(8-6-13)22-11-15(18)17(12(2)3)10-9-16(19)20/h5-8,12H,4,9-11H2,1-3H3,(H,19,20). The molecule has 0 aliphatic rings. The van der Waals surface area contributed by atoms with E-state index in [0.717, 1.165) is 10.6 Å². The Hall–Kier alpha value is -1.69. The van der Waals surface area contributed by atoms with Crippen molar-refractivity contribution in [1.29, 1.82) is 0 Å². The predicted molar refractivity (Wildman–Crippen MR) is 87.4 cm³/mol. The van der Waals surface area contributed by atoms with E-state index in [1.807, 2.05) is 45.0 Å². The van der Waals surface area contributed by atoms with E-state index in [-0.39, 0.29) is 24.9 Å². The third-order valence-electron chi connectivity index (χ3n) is 3.01. The summed E-state index contributed by atoms with van der Waals surface area (Å²) in [5.41, 5.74) is 0. The van der Waals surface area contributed by atoms with Gasteiger partial charge in [-0.1, -0.05) is 0 Å². The Morgan fingerprint density at radius 3 is 2.41 bits per heavy atom. The Morgan fingerprint density at radius 2 is 1.91 bits per heavy atom. The highest BCUT2D eigenvalue weighted by Gasteiger charge is 2.17. The topological polar surface area (TPSA) is 66.8 Å². The molecular weight excluding hydrogens is 302 g/mol. The van der Waals surface area contributed by atoms with Gasteiger partial charge in [-0.15, -0.1) is 11.8 Å². The smallest absolute Gasteiger partial charge is 0.305 e. The zero-order chi connectivity index (χ0) is 16.5. The summed E-state index contributed by atoms with van der Waals surface area (Å²) in [4.78, 5) is 25.5. The maximum absolute atomic E-state index is 12.2. The van der Waals surface area contributed by atoms with Gasteiger partial charge in [-0.05, 0) is 45.0 Å². The molecule has 1 rings (SSSR count). The number of amides is 1. The number of hydrogen-bond donors (Lipinski definition) is 1. The normalized spacial score (nSPS) is 10.5. The molecular formula is C16H23NO4S. The van der Waals surface area contributed by atoms with E-state index >= 15 is 0 Å². The molecule has 0 aliphatic heterocycles. The summed E-state index contributed by atoms with van der Waals surface area (Å²) in [5.74, 6) is 0.169. The molecule has 0 spiro atoms. The number of hydrogen-bond acceptors (Lipinski definition) is 4. The summed E-state index contributed by atoms with van der Waals surface area (Å²) in [6, 6.07) is 7.58. The van der Waals surface area contributed by atoms with Crippen LogP contribution in [0, 0.1) is 0 Å². The number of carbonyl (C=O) groups excluding carboxylic acids is 1. The second-order valence-electron chi connectivity index (χ2n) is 5.02. The summed E-state index contributed by atoms with van der Waals surface area (Å²) in [7, 11) is 0. The van der Waals surface area contributed by atoms with E-state index in [1.54, 1.807) is 4.90 Å². The van der Waals surface area contributed by atoms with Gasteiger partial charge in [-0.2, -0.15) is 0 Å². The largest absolute Gasteiger partial charge is 0.494 e. The molecule has 0 atom stereocenters. The summed E-state index contributed by atoms with van der Waals surface area (Å²) >= 11 is 1.44. The lowest BCUT2D eigenvalue weighted by atomic mass is 10.3. The van der Waals surface area contributed by atoms with Gasteiger partial charge in [0.2, 0.25) is 5.91 Å². The summed E-state index contributed by atoms with van der Waals surface area (Å²) in [6.45, 7) is 6.58. The van der Waals surface area contributed by atoms with Gasteiger partial charge in [-0.25, -0.2) is 0 Å². The number of ether oxygens (including phenoxy) is 1. The van der Waals surface area contributed by atoms with Crippen molar-refractivity contribution in [3.8, 4) is 5.75 Å². The molecule has 1 aromatic carbocycles. The fourth-order valence-corrected chi connectivity index (χ4v) is 2.70. The molecule has 0 saturated carbocycles. The minimum Gasteiger partial charge on any atom is -0.494 e. The van der Waals surface area contributed by atoms with E-state index in [4.69, 9.17) is 9.84 Å². The Balaban J connectivity index is 2.53. The summed E-state index contributed by atoms with van der Waals surface area (Å²) in [6.07, 6.45) is -0.0301. The SMILES string of the molecule is CCOc1ccc(SCC(=O)N(CCC(=O)O)C(C)C)cc1. The molecule has 0 bridgehead atoms. The van der Waals surface area contributed by atoms with Crippen LogP contribution in [0.25, 0.3) is 0 Å². The average Bonchev–Trinajstić information content (AvgIpc) is 2.46. The van der Waals surface area contributed by atoms with Crippen LogP contribution in [0.2, 0.25) is 0 Å². The van der Waals surface area contributed by atoms with E-state index < -0.39 is 5.97 Å². The fourth-order valence-electron chi connectivity index (χ4n) is 1.91. The Kier molecular flexibility index (Phi) is 7.80. The van der Waals surface area contributed by atoms with Gasteiger partial charge in [-0.3, -0.25) is 9.59 Å². The molecule has 0 heterocycles. The molecule has 0 aliphatic carbocycles. The van der Waals surface area contributed by atoms with E-state index in [9.17, 15) is 9.59 Å². The molecule has 0 saturated heterocycles. The molecule has 122 valence electrons.